The fraction of sp³-hybridized carbons (Fsp3) is 0.370. The van der Waals surface area contributed by atoms with Gasteiger partial charge in [0.25, 0.3) is 0 Å². The molecule has 0 atom stereocenters. The molecule has 0 radical (unpaired) electrons. The van der Waals surface area contributed by atoms with Crippen molar-refractivity contribution < 1.29 is 24.1 Å². The van der Waals surface area contributed by atoms with Crippen molar-refractivity contribution in [3.63, 3.8) is 0 Å². The van der Waals surface area contributed by atoms with Crippen LogP contribution in [0.1, 0.15) is 25.7 Å². The lowest BCUT2D eigenvalue weighted by molar-refractivity contribution is 0.204. The molecule has 1 amide bonds. The first kappa shape index (κ1) is 26.0. The molecule has 1 aliphatic rings. The maximum absolute atomic E-state index is 12.2. The molecule has 37 heavy (non-hydrogen) atoms. The number of piperidine rings is 1. The van der Waals surface area contributed by atoms with E-state index in [2.05, 4.69) is 20.2 Å². The van der Waals surface area contributed by atoms with Crippen molar-refractivity contribution in [3.8, 4) is 17.2 Å². The summed E-state index contributed by atoms with van der Waals surface area (Å²) in [6.45, 7) is 4.14. The summed E-state index contributed by atoms with van der Waals surface area (Å²) in [5.74, 6) is 2.10. The number of nitrogens with zero attached hydrogens (tertiary/aromatic N) is 4. The van der Waals surface area contributed by atoms with Gasteiger partial charge in [0.15, 0.2) is 0 Å². The van der Waals surface area contributed by atoms with E-state index in [0.717, 1.165) is 29.3 Å². The third kappa shape index (κ3) is 7.01. The molecule has 0 saturated carbocycles. The van der Waals surface area contributed by atoms with E-state index in [4.69, 9.17) is 14.2 Å². The van der Waals surface area contributed by atoms with Crippen molar-refractivity contribution in [2.45, 2.75) is 25.7 Å². The Bertz CT molecular complexity index is 1170. The zero-order chi connectivity index (χ0) is 26.0. The van der Waals surface area contributed by atoms with Gasteiger partial charge < -0.3 is 29.5 Å². The lowest BCUT2D eigenvalue weighted by Crippen LogP contribution is -2.31. The van der Waals surface area contributed by atoms with Crippen LogP contribution in [-0.2, 0) is 0 Å². The normalized spacial score (nSPS) is 13.6. The summed E-state index contributed by atoms with van der Waals surface area (Å²) < 4.78 is 16.5. The highest BCUT2D eigenvalue weighted by atomic mass is 16.5. The highest BCUT2D eigenvalue weighted by molar-refractivity contribution is 5.95. The van der Waals surface area contributed by atoms with Crippen molar-refractivity contribution in [2.24, 2.45) is 0 Å². The number of carboxylic acid groups (broad SMARTS) is 1. The molecule has 196 valence electrons. The number of aromatic nitrogens is 2. The van der Waals surface area contributed by atoms with E-state index >= 15 is 0 Å². The minimum atomic E-state index is -1.21. The van der Waals surface area contributed by atoms with E-state index in [-0.39, 0.29) is 11.8 Å². The van der Waals surface area contributed by atoms with Gasteiger partial charge in [-0.25, -0.2) is 14.7 Å². The van der Waals surface area contributed by atoms with Gasteiger partial charge in [-0.1, -0.05) is 6.42 Å². The SMILES string of the molecule is COc1ccc(N(C(=O)O)c2ccnc(Nc3ccc(OCCCN4CCCCC4)cc3)n2)c(OC)c1. The molecular formula is C27H33N5O5. The van der Waals surface area contributed by atoms with E-state index in [0.29, 0.717) is 23.8 Å². The molecule has 10 heteroatoms. The fourth-order valence-electron chi connectivity index (χ4n) is 4.25. The van der Waals surface area contributed by atoms with Gasteiger partial charge in [0.1, 0.15) is 23.1 Å². The van der Waals surface area contributed by atoms with Crippen molar-refractivity contribution >= 4 is 29.2 Å². The number of ether oxygens (including phenoxy) is 3. The van der Waals surface area contributed by atoms with Gasteiger partial charge in [0, 0.05) is 30.6 Å². The smallest absolute Gasteiger partial charge is 0.417 e. The first-order valence-electron chi connectivity index (χ1n) is 12.4. The van der Waals surface area contributed by atoms with Gasteiger partial charge in [0.05, 0.1) is 26.5 Å². The van der Waals surface area contributed by atoms with Crippen LogP contribution in [0.5, 0.6) is 17.2 Å². The van der Waals surface area contributed by atoms with E-state index in [9.17, 15) is 9.90 Å². The number of amides is 1. The Balaban J connectivity index is 1.39. The van der Waals surface area contributed by atoms with Crippen molar-refractivity contribution in [1.82, 2.24) is 14.9 Å². The third-order valence-electron chi connectivity index (χ3n) is 6.14. The lowest BCUT2D eigenvalue weighted by atomic mass is 10.1. The molecule has 0 spiro atoms. The Labute approximate surface area is 216 Å². The van der Waals surface area contributed by atoms with E-state index in [1.165, 1.54) is 58.8 Å². The third-order valence-corrected chi connectivity index (χ3v) is 6.14. The largest absolute Gasteiger partial charge is 0.497 e. The predicted molar refractivity (Wildman–Crippen MR) is 142 cm³/mol. The molecule has 10 nitrogen and oxygen atoms in total. The van der Waals surface area contributed by atoms with E-state index in [1.807, 2.05) is 24.3 Å². The Morgan fingerprint density at radius 1 is 1.03 bits per heavy atom. The average molecular weight is 508 g/mol. The van der Waals surface area contributed by atoms with Crippen LogP contribution in [0.3, 0.4) is 0 Å². The summed E-state index contributed by atoms with van der Waals surface area (Å²) >= 11 is 0. The Hall–Kier alpha value is -4.05. The quantitative estimate of drug-likeness (QED) is 0.334. The summed E-state index contributed by atoms with van der Waals surface area (Å²) in [4.78, 5) is 24.4. The number of anilines is 4. The molecule has 0 aliphatic carbocycles. The second-order valence-electron chi connectivity index (χ2n) is 8.65. The van der Waals surface area contributed by atoms with Gasteiger partial charge in [-0.15, -0.1) is 0 Å². The van der Waals surface area contributed by atoms with Crippen LogP contribution >= 0.6 is 0 Å². The fourth-order valence-corrected chi connectivity index (χ4v) is 4.25. The molecule has 4 rings (SSSR count). The monoisotopic (exact) mass is 507 g/mol. The lowest BCUT2D eigenvalue weighted by Gasteiger charge is -2.26. The van der Waals surface area contributed by atoms with Crippen LogP contribution in [0.25, 0.3) is 0 Å². The van der Waals surface area contributed by atoms with Gasteiger partial charge in [-0.3, -0.25) is 0 Å². The van der Waals surface area contributed by atoms with Crippen LogP contribution in [0.15, 0.2) is 54.7 Å². The van der Waals surface area contributed by atoms with Crippen molar-refractivity contribution in [2.75, 3.05) is 50.7 Å². The van der Waals surface area contributed by atoms with Gasteiger partial charge in [-0.05, 0) is 68.8 Å². The van der Waals surface area contributed by atoms with Gasteiger partial charge in [0.2, 0.25) is 5.95 Å². The summed E-state index contributed by atoms with van der Waals surface area (Å²) in [6.07, 6.45) is 5.22. The highest BCUT2D eigenvalue weighted by Crippen LogP contribution is 2.36. The van der Waals surface area contributed by atoms with Crippen molar-refractivity contribution in [3.05, 3.63) is 54.7 Å². The number of rotatable bonds is 11. The zero-order valence-electron chi connectivity index (χ0n) is 21.2. The average Bonchev–Trinajstić information content (AvgIpc) is 2.93. The van der Waals surface area contributed by atoms with Crippen LogP contribution in [0.2, 0.25) is 0 Å². The van der Waals surface area contributed by atoms with Gasteiger partial charge >= 0.3 is 6.09 Å². The molecule has 2 N–H and O–H groups in total. The maximum Gasteiger partial charge on any atom is 0.417 e. The van der Waals surface area contributed by atoms with E-state index in [1.54, 1.807) is 18.2 Å². The van der Waals surface area contributed by atoms with Crippen LogP contribution in [-0.4, -0.2) is 66.5 Å². The first-order valence-corrected chi connectivity index (χ1v) is 12.4. The number of methoxy groups -OCH3 is 2. The number of carbonyl (C=O) groups is 1. The summed E-state index contributed by atoms with van der Waals surface area (Å²) in [5.41, 5.74) is 1.06. The second kappa shape index (κ2) is 12.8. The standard InChI is InChI=1S/C27H33N5O5/c1-35-22-11-12-23(24(19-22)36-2)32(27(33)34)25-13-14-28-26(30-25)29-20-7-9-21(10-8-20)37-18-6-17-31-15-4-3-5-16-31/h7-14,19H,3-6,15-18H2,1-2H3,(H,33,34)(H,28,29,30). The number of benzene rings is 2. The molecule has 2 aromatic carbocycles. The van der Waals surface area contributed by atoms with Crippen LogP contribution < -0.4 is 24.4 Å². The summed E-state index contributed by atoms with van der Waals surface area (Å²) in [6, 6.07) is 13.9. The molecule has 0 bridgehead atoms. The predicted octanol–water partition coefficient (Wildman–Crippen LogP) is 5.31. The zero-order valence-corrected chi connectivity index (χ0v) is 21.2. The van der Waals surface area contributed by atoms with Crippen LogP contribution in [0, 0.1) is 0 Å². The molecule has 0 unspecified atom stereocenters. The molecular weight excluding hydrogens is 474 g/mol. The summed E-state index contributed by atoms with van der Waals surface area (Å²) in [5, 5.41) is 13.1. The molecule has 3 aromatic rings. The maximum atomic E-state index is 12.2. The number of hydrogen-bond acceptors (Lipinski definition) is 8. The molecule has 1 aliphatic heterocycles. The Morgan fingerprint density at radius 2 is 1.78 bits per heavy atom. The van der Waals surface area contributed by atoms with Gasteiger partial charge in [-0.2, -0.15) is 4.98 Å². The van der Waals surface area contributed by atoms with Crippen LogP contribution in [0.4, 0.5) is 27.9 Å². The Kier molecular flexibility index (Phi) is 8.98. The number of nitrogens with one attached hydrogen (secondary N) is 1. The minimum absolute atomic E-state index is 0.169. The molecule has 1 fully saturated rings. The minimum Gasteiger partial charge on any atom is -0.497 e. The number of likely N-dealkylation sites (tertiary alicyclic amines) is 1. The highest BCUT2D eigenvalue weighted by Gasteiger charge is 2.23. The molecule has 1 aromatic heterocycles. The first-order chi connectivity index (χ1) is 18.1. The van der Waals surface area contributed by atoms with E-state index < -0.39 is 6.09 Å². The second-order valence-corrected chi connectivity index (χ2v) is 8.65. The topological polar surface area (TPSA) is 109 Å². The van der Waals surface area contributed by atoms with Crippen molar-refractivity contribution in [1.29, 1.82) is 0 Å². The molecule has 1 saturated heterocycles. The Morgan fingerprint density at radius 3 is 2.49 bits per heavy atom. The summed E-state index contributed by atoms with van der Waals surface area (Å²) in [7, 11) is 2.99. The number of hydrogen-bond donors (Lipinski definition) is 2. The molecule has 2 heterocycles.